The minimum atomic E-state index is -0.364. The molecule has 102 valence electrons. The molecule has 1 aromatic rings. The third kappa shape index (κ3) is 1.94. The van der Waals surface area contributed by atoms with Crippen LogP contribution in [0.5, 0.6) is 11.5 Å². The van der Waals surface area contributed by atoms with E-state index in [1.54, 1.807) is 4.90 Å². The molecule has 3 unspecified atom stereocenters. The molecular weight excluding hydrogens is 246 g/mol. The van der Waals surface area contributed by atoms with E-state index in [0.717, 1.165) is 12.8 Å². The number of benzene rings is 1. The highest BCUT2D eigenvalue weighted by Crippen LogP contribution is 2.39. The molecule has 19 heavy (non-hydrogen) atoms. The second-order valence-corrected chi connectivity index (χ2v) is 5.45. The summed E-state index contributed by atoms with van der Waals surface area (Å²) in [6.07, 6.45) is 1.41. The maximum Gasteiger partial charge on any atom is 0.261 e. The summed E-state index contributed by atoms with van der Waals surface area (Å²) in [6, 6.07) is 4.27. The van der Waals surface area contributed by atoms with Crippen LogP contribution in [0, 0.1) is 11.8 Å². The van der Waals surface area contributed by atoms with Gasteiger partial charge in [-0.05, 0) is 30.9 Å². The normalized spacial score (nSPS) is 29.5. The van der Waals surface area contributed by atoms with Crippen molar-refractivity contribution < 1.29 is 20.1 Å². The number of nitrogens with zero attached hydrogens (tertiary/aromatic N) is 1. The molecule has 5 heteroatoms. The summed E-state index contributed by atoms with van der Waals surface area (Å²) in [5.74, 6) is -0.300. The number of amides is 1. The Hall–Kier alpha value is -1.75. The van der Waals surface area contributed by atoms with Gasteiger partial charge in [-0.15, -0.1) is 0 Å². The number of aliphatic hydroxyl groups is 1. The maximum absolute atomic E-state index is 12.4. The Kier molecular flexibility index (Phi) is 2.86. The fraction of sp³-hybridized carbons (Fsp3) is 0.500. The summed E-state index contributed by atoms with van der Waals surface area (Å²) in [6.45, 7) is 1.09. The van der Waals surface area contributed by atoms with Crippen LogP contribution in [0.15, 0.2) is 18.2 Å². The highest BCUT2D eigenvalue weighted by molar-refractivity contribution is 5.99. The van der Waals surface area contributed by atoms with Crippen molar-refractivity contribution in [1.29, 1.82) is 0 Å². The Labute approximate surface area is 111 Å². The Morgan fingerprint density at radius 2 is 1.84 bits per heavy atom. The van der Waals surface area contributed by atoms with Gasteiger partial charge in [0.25, 0.3) is 5.91 Å². The minimum absolute atomic E-state index is 0.0445. The maximum atomic E-state index is 12.4. The lowest BCUT2D eigenvalue weighted by Crippen LogP contribution is -2.31. The summed E-state index contributed by atoms with van der Waals surface area (Å²) >= 11 is 0. The number of rotatable bonds is 1. The fourth-order valence-electron chi connectivity index (χ4n) is 3.31. The zero-order valence-corrected chi connectivity index (χ0v) is 10.5. The molecule has 2 fully saturated rings. The monoisotopic (exact) mass is 263 g/mol. The summed E-state index contributed by atoms with van der Waals surface area (Å²) < 4.78 is 0. The van der Waals surface area contributed by atoms with Gasteiger partial charge >= 0.3 is 0 Å². The van der Waals surface area contributed by atoms with E-state index in [4.69, 9.17) is 0 Å². The topological polar surface area (TPSA) is 81.0 Å². The van der Waals surface area contributed by atoms with E-state index in [0.29, 0.717) is 19.0 Å². The van der Waals surface area contributed by atoms with Gasteiger partial charge in [-0.3, -0.25) is 4.79 Å². The number of carbonyl (C=O) groups is 1. The van der Waals surface area contributed by atoms with Crippen molar-refractivity contribution in [3.05, 3.63) is 23.8 Å². The smallest absolute Gasteiger partial charge is 0.261 e. The molecule has 1 aromatic carbocycles. The van der Waals surface area contributed by atoms with Crippen LogP contribution in [0.1, 0.15) is 23.2 Å². The van der Waals surface area contributed by atoms with Gasteiger partial charge < -0.3 is 20.2 Å². The second kappa shape index (κ2) is 4.42. The van der Waals surface area contributed by atoms with Crippen molar-refractivity contribution in [2.24, 2.45) is 11.8 Å². The van der Waals surface area contributed by atoms with Gasteiger partial charge in [0, 0.05) is 19.0 Å². The van der Waals surface area contributed by atoms with E-state index in [2.05, 4.69) is 0 Å². The lowest BCUT2D eigenvalue weighted by molar-refractivity contribution is 0.0746. The number of phenols is 2. The Balaban J connectivity index is 1.83. The largest absolute Gasteiger partial charge is 0.507 e. The van der Waals surface area contributed by atoms with Crippen molar-refractivity contribution in [3.8, 4) is 11.5 Å². The van der Waals surface area contributed by atoms with Crippen LogP contribution in [-0.2, 0) is 0 Å². The molecule has 1 heterocycles. The van der Waals surface area contributed by atoms with Crippen molar-refractivity contribution in [3.63, 3.8) is 0 Å². The number of hydrogen-bond donors (Lipinski definition) is 3. The average Bonchev–Trinajstić information content (AvgIpc) is 2.92. The molecule has 2 aliphatic rings. The van der Waals surface area contributed by atoms with Crippen LogP contribution >= 0.6 is 0 Å². The van der Waals surface area contributed by atoms with E-state index in [1.165, 1.54) is 18.2 Å². The van der Waals surface area contributed by atoms with Crippen LogP contribution in [0.3, 0.4) is 0 Å². The number of hydrogen-bond acceptors (Lipinski definition) is 4. The van der Waals surface area contributed by atoms with Gasteiger partial charge in [0.05, 0.1) is 6.10 Å². The molecule has 1 aliphatic heterocycles. The van der Waals surface area contributed by atoms with E-state index in [1.807, 2.05) is 0 Å². The SMILES string of the molecule is O=C(c1c(O)cccc1O)N1CC2CCC(O)C2C1. The summed E-state index contributed by atoms with van der Waals surface area (Å²) in [5.41, 5.74) is -0.0445. The first kappa shape index (κ1) is 12.3. The average molecular weight is 263 g/mol. The van der Waals surface area contributed by atoms with E-state index >= 15 is 0 Å². The highest BCUT2D eigenvalue weighted by Gasteiger charge is 2.43. The molecule has 0 spiro atoms. The van der Waals surface area contributed by atoms with Crippen LogP contribution in [-0.4, -0.2) is 45.3 Å². The quantitative estimate of drug-likeness (QED) is 0.704. The fourth-order valence-corrected chi connectivity index (χ4v) is 3.31. The van der Waals surface area contributed by atoms with E-state index < -0.39 is 0 Å². The Bertz CT molecular complexity index is 496. The van der Waals surface area contributed by atoms with Crippen molar-refractivity contribution in [1.82, 2.24) is 4.90 Å². The minimum Gasteiger partial charge on any atom is -0.507 e. The van der Waals surface area contributed by atoms with E-state index in [9.17, 15) is 20.1 Å². The molecule has 1 amide bonds. The number of aliphatic hydroxyl groups excluding tert-OH is 1. The third-order valence-corrected chi connectivity index (χ3v) is 4.34. The molecule has 3 rings (SSSR count). The highest BCUT2D eigenvalue weighted by atomic mass is 16.3. The molecule has 1 saturated heterocycles. The predicted octanol–water partition coefficient (Wildman–Crippen LogP) is 0.941. The molecule has 0 aromatic heterocycles. The van der Waals surface area contributed by atoms with Gasteiger partial charge in [-0.25, -0.2) is 0 Å². The van der Waals surface area contributed by atoms with Crippen molar-refractivity contribution in [2.75, 3.05) is 13.1 Å². The van der Waals surface area contributed by atoms with Crippen molar-refractivity contribution in [2.45, 2.75) is 18.9 Å². The first-order chi connectivity index (χ1) is 9.08. The zero-order chi connectivity index (χ0) is 13.6. The van der Waals surface area contributed by atoms with Crippen LogP contribution in [0.2, 0.25) is 0 Å². The summed E-state index contributed by atoms with van der Waals surface area (Å²) in [5, 5.41) is 29.3. The predicted molar refractivity (Wildman–Crippen MR) is 67.9 cm³/mol. The molecule has 0 radical (unpaired) electrons. The first-order valence-corrected chi connectivity index (χ1v) is 6.56. The van der Waals surface area contributed by atoms with Gasteiger partial charge in [0.1, 0.15) is 17.1 Å². The van der Waals surface area contributed by atoms with Gasteiger partial charge in [-0.2, -0.15) is 0 Å². The lowest BCUT2D eigenvalue weighted by Gasteiger charge is -2.19. The Morgan fingerprint density at radius 3 is 2.47 bits per heavy atom. The first-order valence-electron chi connectivity index (χ1n) is 6.56. The molecule has 5 nitrogen and oxygen atoms in total. The van der Waals surface area contributed by atoms with Gasteiger partial charge in [0.15, 0.2) is 0 Å². The molecule has 1 saturated carbocycles. The zero-order valence-electron chi connectivity index (χ0n) is 10.5. The van der Waals surface area contributed by atoms with Crippen LogP contribution < -0.4 is 0 Å². The van der Waals surface area contributed by atoms with Crippen LogP contribution in [0.4, 0.5) is 0 Å². The summed E-state index contributed by atoms with van der Waals surface area (Å²) in [4.78, 5) is 14.0. The second-order valence-electron chi connectivity index (χ2n) is 5.45. The lowest BCUT2D eigenvalue weighted by atomic mass is 10.00. The van der Waals surface area contributed by atoms with Gasteiger partial charge in [-0.1, -0.05) is 6.07 Å². The molecule has 3 N–H and O–H groups in total. The number of likely N-dealkylation sites (tertiary alicyclic amines) is 1. The number of phenolic OH excluding ortho intramolecular Hbond substituents is 2. The summed E-state index contributed by atoms with van der Waals surface area (Å²) in [7, 11) is 0. The molecule has 1 aliphatic carbocycles. The number of aromatic hydroxyl groups is 2. The van der Waals surface area contributed by atoms with Crippen molar-refractivity contribution >= 4 is 5.91 Å². The Morgan fingerprint density at radius 1 is 1.16 bits per heavy atom. The van der Waals surface area contributed by atoms with Crippen LogP contribution in [0.25, 0.3) is 0 Å². The third-order valence-electron chi connectivity index (χ3n) is 4.34. The molecule has 0 bridgehead atoms. The number of carbonyl (C=O) groups excluding carboxylic acids is 1. The standard InChI is InChI=1S/C14H17NO4/c16-10-5-4-8-6-15(7-9(8)10)14(19)13-11(17)2-1-3-12(13)18/h1-3,8-10,16-18H,4-7H2. The molecular formula is C14H17NO4. The van der Waals surface area contributed by atoms with E-state index in [-0.39, 0.29) is 35.0 Å². The van der Waals surface area contributed by atoms with Gasteiger partial charge in [0.2, 0.25) is 0 Å². The number of fused-ring (bicyclic) bond motifs is 1. The molecule has 3 atom stereocenters.